The van der Waals surface area contributed by atoms with Gasteiger partial charge in [0.25, 0.3) is 0 Å². The highest BCUT2D eigenvalue weighted by atomic mass is 35.5. The van der Waals surface area contributed by atoms with Crippen LogP contribution in [0.1, 0.15) is 6.42 Å². The summed E-state index contributed by atoms with van der Waals surface area (Å²) in [5.41, 5.74) is 0. The third-order valence-corrected chi connectivity index (χ3v) is 1.41. The molecule has 0 bridgehead atoms. The van der Waals surface area contributed by atoms with Gasteiger partial charge in [-0.25, -0.2) is 0 Å². The molecule has 0 atom stereocenters. The molecule has 0 aliphatic carbocycles. The van der Waals surface area contributed by atoms with Crippen molar-refractivity contribution in [2.24, 2.45) is 0 Å². The van der Waals surface area contributed by atoms with Crippen LogP contribution < -0.4 is 0 Å². The van der Waals surface area contributed by atoms with E-state index >= 15 is 0 Å². The van der Waals surface area contributed by atoms with Crippen molar-refractivity contribution in [1.82, 2.24) is 4.90 Å². The molecule has 11 heavy (non-hydrogen) atoms. The molecular weight excluding hydrogens is 179 g/mol. The largest absolute Gasteiger partial charge is 0.390 e. The van der Waals surface area contributed by atoms with Crippen molar-refractivity contribution in [2.75, 3.05) is 26.0 Å². The van der Waals surface area contributed by atoms with Gasteiger partial charge in [-0.05, 0) is 7.05 Å². The van der Waals surface area contributed by atoms with Gasteiger partial charge in [-0.2, -0.15) is 13.2 Å². The molecule has 0 aromatic carbocycles. The van der Waals surface area contributed by atoms with Gasteiger partial charge in [-0.3, -0.25) is 0 Å². The second-order valence-corrected chi connectivity index (χ2v) is 2.74. The third-order valence-electron chi connectivity index (χ3n) is 1.24. The Bertz CT molecular complexity index is 104. The minimum atomic E-state index is -4.05. The molecule has 0 aromatic rings. The molecule has 68 valence electrons. The van der Waals surface area contributed by atoms with E-state index in [1.807, 2.05) is 0 Å². The minimum absolute atomic E-state index is 0.0240. The lowest BCUT2D eigenvalue weighted by Gasteiger charge is -2.15. The first-order chi connectivity index (χ1) is 4.95. The fourth-order valence-electron chi connectivity index (χ4n) is 0.574. The van der Waals surface area contributed by atoms with Gasteiger partial charge >= 0.3 is 6.18 Å². The summed E-state index contributed by atoms with van der Waals surface area (Å²) in [7, 11) is 1.62. The monoisotopic (exact) mass is 189 g/mol. The van der Waals surface area contributed by atoms with Crippen molar-refractivity contribution in [3.8, 4) is 0 Å². The summed E-state index contributed by atoms with van der Waals surface area (Å²) in [6.45, 7) is 0.522. The average Bonchev–Trinajstić information content (AvgIpc) is 1.83. The van der Waals surface area contributed by atoms with E-state index in [4.69, 9.17) is 11.6 Å². The van der Waals surface area contributed by atoms with Crippen LogP contribution in [0.15, 0.2) is 0 Å². The molecule has 1 nitrogen and oxygen atoms in total. The predicted molar refractivity (Wildman–Crippen MR) is 38.9 cm³/mol. The van der Waals surface area contributed by atoms with Crippen LogP contribution in [0.25, 0.3) is 0 Å². The minimum Gasteiger partial charge on any atom is -0.305 e. The molecule has 0 aromatic heterocycles. The Morgan fingerprint density at radius 3 is 2.18 bits per heavy atom. The van der Waals surface area contributed by atoms with Crippen LogP contribution in [0.4, 0.5) is 13.2 Å². The van der Waals surface area contributed by atoms with Gasteiger partial charge in [-0.1, -0.05) is 0 Å². The van der Waals surface area contributed by atoms with Crippen molar-refractivity contribution in [2.45, 2.75) is 12.6 Å². The lowest BCUT2D eigenvalue weighted by molar-refractivity contribution is -0.137. The number of alkyl halides is 4. The highest BCUT2D eigenvalue weighted by Crippen LogP contribution is 2.19. The van der Waals surface area contributed by atoms with E-state index in [1.54, 1.807) is 11.9 Å². The molecule has 0 amide bonds. The molecule has 0 fully saturated rings. The fraction of sp³-hybridized carbons (Fsp3) is 1.00. The Hall–Kier alpha value is 0.0400. The maximum Gasteiger partial charge on any atom is 0.390 e. The maximum atomic E-state index is 11.6. The van der Waals surface area contributed by atoms with E-state index in [2.05, 4.69) is 0 Å². The Kier molecular flexibility index (Phi) is 4.84. The molecule has 0 saturated heterocycles. The number of nitrogens with zero attached hydrogens (tertiary/aromatic N) is 1. The molecule has 0 heterocycles. The van der Waals surface area contributed by atoms with Gasteiger partial charge in [-0.15, -0.1) is 11.6 Å². The van der Waals surface area contributed by atoms with E-state index in [9.17, 15) is 13.2 Å². The smallest absolute Gasteiger partial charge is 0.305 e. The lowest BCUT2D eigenvalue weighted by Crippen LogP contribution is -2.26. The molecule has 0 aliphatic rings. The summed E-state index contributed by atoms with van der Waals surface area (Å²) in [5.74, 6) is 0.369. The molecule has 0 radical (unpaired) electrons. The molecule has 0 aliphatic heterocycles. The van der Waals surface area contributed by atoms with Crippen LogP contribution in [0.5, 0.6) is 0 Å². The summed E-state index contributed by atoms with van der Waals surface area (Å²) in [4.78, 5) is 1.56. The summed E-state index contributed by atoms with van der Waals surface area (Å²) in [5, 5.41) is 0. The lowest BCUT2D eigenvalue weighted by atomic mass is 10.4. The predicted octanol–water partition coefficient (Wildman–Crippen LogP) is 2.11. The second kappa shape index (κ2) is 4.83. The van der Waals surface area contributed by atoms with Crippen molar-refractivity contribution in [3.63, 3.8) is 0 Å². The first kappa shape index (κ1) is 11.0. The van der Waals surface area contributed by atoms with Crippen molar-refractivity contribution < 1.29 is 13.2 Å². The Morgan fingerprint density at radius 1 is 1.27 bits per heavy atom. The molecule has 0 unspecified atom stereocenters. The van der Waals surface area contributed by atoms with Crippen molar-refractivity contribution in [3.05, 3.63) is 0 Å². The second-order valence-electron chi connectivity index (χ2n) is 2.36. The number of hydrogen-bond acceptors (Lipinski definition) is 1. The Balaban J connectivity index is 3.38. The highest BCUT2D eigenvalue weighted by Gasteiger charge is 2.26. The first-order valence-corrected chi connectivity index (χ1v) is 3.80. The number of hydrogen-bond donors (Lipinski definition) is 0. The van der Waals surface area contributed by atoms with Gasteiger partial charge in [0.2, 0.25) is 0 Å². The summed E-state index contributed by atoms with van der Waals surface area (Å²) >= 11 is 5.32. The zero-order chi connectivity index (χ0) is 8.91. The van der Waals surface area contributed by atoms with Gasteiger partial charge in [0.05, 0.1) is 6.42 Å². The van der Waals surface area contributed by atoms with Crippen LogP contribution in [0, 0.1) is 0 Å². The van der Waals surface area contributed by atoms with E-state index in [0.717, 1.165) is 0 Å². The van der Waals surface area contributed by atoms with E-state index < -0.39 is 12.6 Å². The molecule has 0 saturated carbocycles. The molecule has 0 rings (SSSR count). The SMILES string of the molecule is CN(CCCl)CCC(F)(F)F. The van der Waals surface area contributed by atoms with E-state index in [-0.39, 0.29) is 6.54 Å². The fourth-order valence-corrected chi connectivity index (χ4v) is 0.862. The standard InChI is InChI=1S/C6H11ClF3N/c1-11(5-3-7)4-2-6(8,9)10/h2-5H2,1H3. The first-order valence-electron chi connectivity index (χ1n) is 3.27. The van der Waals surface area contributed by atoms with Crippen LogP contribution in [-0.2, 0) is 0 Å². The Morgan fingerprint density at radius 2 is 1.82 bits per heavy atom. The summed E-state index contributed by atoms with van der Waals surface area (Å²) in [6, 6.07) is 0. The highest BCUT2D eigenvalue weighted by molar-refractivity contribution is 6.18. The van der Waals surface area contributed by atoms with Crippen LogP contribution in [0.3, 0.4) is 0 Å². The number of halogens is 4. The molecule has 0 N–H and O–H groups in total. The van der Waals surface area contributed by atoms with E-state index in [1.165, 1.54) is 0 Å². The summed E-state index contributed by atoms with van der Waals surface area (Å²) < 4.78 is 34.8. The zero-order valence-electron chi connectivity index (χ0n) is 6.29. The van der Waals surface area contributed by atoms with Crippen LogP contribution in [0.2, 0.25) is 0 Å². The average molecular weight is 190 g/mol. The van der Waals surface area contributed by atoms with E-state index in [0.29, 0.717) is 12.4 Å². The molecule has 0 spiro atoms. The van der Waals surface area contributed by atoms with Gasteiger partial charge < -0.3 is 4.90 Å². The summed E-state index contributed by atoms with van der Waals surface area (Å²) in [6.07, 6.45) is -4.82. The topological polar surface area (TPSA) is 3.24 Å². The van der Waals surface area contributed by atoms with Gasteiger partial charge in [0.1, 0.15) is 0 Å². The molecular formula is C6H11ClF3N. The van der Waals surface area contributed by atoms with Crippen LogP contribution in [-0.4, -0.2) is 37.1 Å². The normalized spacial score (nSPS) is 12.5. The maximum absolute atomic E-state index is 11.6. The van der Waals surface area contributed by atoms with Gasteiger partial charge in [0.15, 0.2) is 0 Å². The van der Waals surface area contributed by atoms with Crippen molar-refractivity contribution in [1.29, 1.82) is 0 Å². The quantitative estimate of drug-likeness (QED) is 0.613. The number of rotatable bonds is 4. The zero-order valence-corrected chi connectivity index (χ0v) is 7.04. The Labute approximate surface area is 69.1 Å². The molecule has 5 heteroatoms. The third kappa shape index (κ3) is 7.94. The van der Waals surface area contributed by atoms with Gasteiger partial charge in [0, 0.05) is 19.0 Å². The van der Waals surface area contributed by atoms with Crippen LogP contribution >= 0.6 is 11.6 Å². The van der Waals surface area contributed by atoms with Crippen molar-refractivity contribution >= 4 is 11.6 Å².